The van der Waals surface area contributed by atoms with Gasteiger partial charge in [0.05, 0.1) is 10.5 Å². The minimum absolute atomic E-state index is 0. The Kier molecular flexibility index (Phi) is 13.2. The van der Waals surface area contributed by atoms with E-state index in [2.05, 4.69) is 10.6 Å². The number of amides is 6. The first-order valence-electron chi connectivity index (χ1n) is 11.2. The molecule has 192 valence electrons. The quantitative estimate of drug-likeness (QED) is 0.256. The van der Waals surface area contributed by atoms with Crippen LogP contribution in [0.4, 0.5) is 0 Å². The number of hydrogen-bond donors (Lipinski definition) is 2. The highest BCUT2D eigenvalue weighted by atomic mass is 32.2. The minimum Gasteiger partial charge on any atom is -0.356 e. The van der Waals surface area contributed by atoms with Crippen LogP contribution in [0.1, 0.15) is 53.4 Å². The monoisotopic (exact) mass is 516 g/mol. The molecule has 0 radical (unpaired) electrons. The molecule has 0 aromatic rings. The lowest BCUT2D eigenvalue weighted by molar-refractivity contribution is -0.140. The minimum atomic E-state index is -0.340. The van der Waals surface area contributed by atoms with Crippen molar-refractivity contribution in [3.05, 3.63) is 0 Å². The molecule has 12 heteroatoms. The number of rotatable bonds is 14. The van der Waals surface area contributed by atoms with Crippen LogP contribution in [0.15, 0.2) is 0 Å². The van der Waals surface area contributed by atoms with Crippen molar-refractivity contribution >= 4 is 59.0 Å². The molecule has 2 rings (SSSR count). The van der Waals surface area contributed by atoms with E-state index in [1.165, 1.54) is 23.5 Å². The van der Waals surface area contributed by atoms with Crippen LogP contribution < -0.4 is 10.6 Å². The molecule has 0 spiro atoms. The standard InChI is InChI=1S/C21H32N4O6S2.CH4/c1-3-32-14-12-18(28)24(20(14)30)10-6-16(26)22-8-5-9-23-17(27)7-11-25-19(29)13-15(21(25)31)33-4-2;/h14-15H,3-13H2,1-2H3,(H,22,26)(H,23,27);1H4. The van der Waals surface area contributed by atoms with Gasteiger partial charge in [0.1, 0.15) is 0 Å². The second kappa shape index (κ2) is 15.0. The molecule has 2 atom stereocenters. The first-order chi connectivity index (χ1) is 15.8. The lowest BCUT2D eigenvalue weighted by Gasteiger charge is -2.15. The van der Waals surface area contributed by atoms with Gasteiger partial charge in [-0.2, -0.15) is 0 Å². The van der Waals surface area contributed by atoms with Crippen molar-refractivity contribution in [2.24, 2.45) is 0 Å². The van der Waals surface area contributed by atoms with Crippen LogP contribution >= 0.6 is 23.5 Å². The zero-order valence-electron chi connectivity index (χ0n) is 19.1. The molecule has 0 bridgehead atoms. The van der Waals surface area contributed by atoms with Crippen molar-refractivity contribution in [1.82, 2.24) is 20.4 Å². The van der Waals surface area contributed by atoms with E-state index in [9.17, 15) is 28.8 Å². The molecule has 0 aromatic heterocycles. The summed E-state index contributed by atoms with van der Waals surface area (Å²) in [7, 11) is 0. The average molecular weight is 517 g/mol. The second-order valence-corrected chi connectivity index (χ2v) is 10.6. The highest BCUT2D eigenvalue weighted by Gasteiger charge is 2.39. The Balaban J connectivity index is 0.00000578. The van der Waals surface area contributed by atoms with Crippen molar-refractivity contribution in [1.29, 1.82) is 0 Å². The summed E-state index contributed by atoms with van der Waals surface area (Å²) in [5, 5.41) is 4.73. The van der Waals surface area contributed by atoms with Crippen molar-refractivity contribution in [3.8, 4) is 0 Å². The Morgan fingerprint density at radius 2 is 1.18 bits per heavy atom. The van der Waals surface area contributed by atoms with Crippen LogP contribution in [-0.4, -0.2) is 93.4 Å². The Bertz CT molecular complexity index is 716. The summed E-state index contributed by atoms with van der Waals surface area (Å²) in [6, 6.07) is 0. The van der Waals surface area contributed by atoms with E-state index in [1.807, 2.05) is 13.8 Å². The molecule has 2 aliphatic heterocycles. The molecular weight excluding hydrogens is 480 g/mol. The molecule has 0 aliphatic carbocycles. The van der Waals surface area contributed by atoms with Crippen LogP contribution in [0.2, 0.25) is 0 Å². The van der Waals surface area contributed by atoms with E-state index in [4.69, 9.17) is 0 Å². The molecule has 2 N–H and O–H groups in total. The summed E-state index contributed by atoms with van der Waals surface area (Å²) in [5.74, 6) is 0.0530. The molecule has 2 unspecified atom stereocenters. The van der Waals surface area contributed by atoms with E-state index >= 15 is 0 Å². The van der Waals surface area contributed by atoms with Gasteiger partial charge in [0.15, 0.2) is 0 Å². The zero-order chi connectivity index (χ0) is 24.4. The summed E-state index contributed by atoms with van der Waals surface area (Å²) in [6.07, 6.45) is 0.976. The van der Waals surface area contributed by atoms with E-state index < -0.39 is 0 Å². The number of nitrogens with zero attached hydrogens (tertiary/aromatic N) is 2. The molecule has 2 heterocycles. The highest BCUT2D eigenvalue weighted by Crippen LogP contribution is 2.25. The van der Waals surface area contributed by atoms with Gasteiger partial charge in [0.2, 0.25) is 35.4 Å². The van der Waals surface area contributed by atoms with Crippen molar-refractivity contribution in [2.45, 2.75) is 63.9 Å². The molecule has 2 fully saturated rings. The van der Waals surface area contributed by atoms with E-state index in [0.29, 0.717) is 19.5 Å². The van der Waals surface area contributed by atoms with E-state index in [-0.39, 0.29) is 92.1 Å². The van der Waals surface area contributed by atoms with Gasteiger partial charge in [-0.1, -0.05) is 21.3 Å². The van der Waals surface area contributed by atoms with Gasteiger partial charge >= 0.3 is 0 Å². The normalized spacial score (nSPS) is 20.1. The van der Waals surface area contributed by atoms with Crippen LogP contribution in [-0.2, 0) is 28.8 Å². The first-order valence-corrected chi connectivity index (χ1v) is 13.3. The molecule has 34 heavy (non-hydrogen) atoms. The number of nitrogens with one attached hydrogen (secondary N) is 2. The smallest absolute Gasteiger partial charge is 0.242 e. The Labute approximate surface area is 209 Å². The predicted octanol–water partition coefficient (Wildman–Crippen LogP) is 0.786. The maximum atomic E-state index is 12.2. The number of imide groups is 2. The van der Waals surface area contributed by atoms with E-state index in [0.717, 1.165) is 21.3 Å². The van der Waals surface area contributed by atoms with Gasteiger partial charge in [0.25, 0.3) is 0 Å². The number of likely N-dealkylation sites (tertiary alicyclic amines) is 2. The molecular formula is C22H36N4O6S2. The third kappa shape index (κ3) is 8.61. The third-order valence-corrected chi connectivity index (χ3v) is 7.47. The van der Waals surface area contributed by atoms with Gasteiger partial charge in [0, 0.05) is 51.9 Å². The molecule has 2 saturated heterocycles. The predicted molar refractivity (Wildman–Crippen MR) is 133 cm³/mol. The fourth-order valence-corrected chi connectivity index (χ4v) is 5.45. The summed E-state index contributed by atoms with van der Waals surface area (Å²) in [4.78, 5) is 74.5. The molecule has 2 aliphatic rings. The van der Waals surface area contributed by atoms with Crippen LogP contribution in [0.25, 0.3) is 0 Å². The molecule has 6 amide bonds. The number of carbonyl (C=O) groups is 6. The van der Waals surface area contributed by atoms with Crippen molar-refractivity contribution in [2.75, 3.05) is 37.7 Å². The Morgan fingerprint density at radius 1 is 0.794 bits per heavy atom. The van der Waals surface area contributed by atoms with Gasteiger partial charge in [-0.05, 0) is 17.9 Å². The molecule has 10 nitrogen and oxygen atoms in total. The van der Waals surface area contributed by atoms with Crippen LogP contribution in [0, 0.1) is 0 Å². The van der Waals surface area contributed by atoms with Gasteiger partial charge in [-0.15, -0.1) is 23.5 Å². The fourth-order valence-electron chi connectivity index (χ4n) is 3.59. The third-order valence-electron chi connectivity index (χ3n) is 5.26. The van der Waals surface area contributed by atoms with Crippen LogP contribution in [0.3, 0.4) is 0 Å². The average Bonchev–Trinajstić information content (AvgIpc) is 3.19. The maximum absolute atomic E-state index is 12.2. The SMILES string of the molecule is C.CCSC1CC(=O)N(CCC(=O)NCCCNC(=O)CCN2C(=O)CC(SCC)C2=O)C1=O. The summed E-state index contributed by atoms with van der Waals surface area (Å²) in [5.41, 5.74) is 0. The largest absolute Gasteiger partial charge is 0.356 e. The van der Waals surface area contributed by atoms with Gasteiger partial charge in [-0.3, -0.25) is 38.6 Å². The van der Waals surface area contributed by atoms with Crippen molar-refractivity contribution in [3.63, 3.8) is 0 Å². The van der Waals surface area contributed by atoms with Gasteiger partial charge < -0.3 is 10.6 Å². The lowest BCUT2D eigenvalue weighted by Crippen LogP contribution is -2.37. The molecule has 0 saturated carbocycles. The maximum Gasteiger partial charge on any atom is 0.242 e. The number of carbonyl (C=O) groups excluding carboxylic acids is 6. The van der Waals surface area contributed by atoms with Crippen molar-refractivity contribution < 1.29 is 28.8 Å². The fraction of sp³-hybridized carbons (Fsp3) is 0.727. The Hall–Kier alpha value is -2.08. The summed E-state index contributed by atoms with van der Waals surface area (Å²) >= 11 is 2.88. The lowest BCUT2D eigenvalue weighted by atomic mass is 10.3. The van der Waals surface area contributed by atoms with Crippen LogP contribution in [0.5, 0.6) is 0 Å². The Morgan fingerprint density at radius 3 is 1.53 bits per heavy atom. The topological polar surface area (TPSA) is 133 Å². The second-order valence-electron chi connectivity index (χ2n) is 7.62. The van der Waals surface area contributed by atoms with E-state index in [1.54, 1.807) is 0 Å². The zero-order valence-corrected chi connectivity index (χ0v) is 20.7. The highest BCUT2D eigenvalue weighted by molar-refractivity contribution is 8.00. The molecule has 0 aromatic carbocycles. The number of thioether (sulfide) groups is 2. The number of hydrogen-bond acceptors (Lipinski definition) is 8. The summed E-state index contributed by atoms with van der Waals surface area (Å²) < 4.78 is 0. The summed E-state index contributed by atoms with van der Waals surface area (Å²) in [6.45, 7) is 4.69. The van der Waals surface area contributed by atoms with Gasteiger partial charge in [-0.25, -0.2) is 0 Å². The first kappa shape index (κ1) is 30.0.